The first-order chi connectivity index (χ1) is 14.0. The van der Waals surface area contributed by atoms with Crippen LogP contribution < -0.4 is 10.6 Å². The van der Waals surface area contributed by atoms with Crippen molar-refractivity contribution >= 4 is 46.5 Å². The molecule has 154 valence electrons. The minimum atomic E-state index is -0.441. The number of hydrogen-bond acceptors (Lipinski definition) is 6. The first-order valence-electron chi connectivity index (χ1n) is 9.36. The Hall–Kier alpha value is -2.28. The largest absolute Gasteiger partial charge is 0.465 e. The number of para-hydroxylation sites is 2. The predicted molar refractivity (Wildman–Crippen MR) is 113 cm³/mol. The minimum Gasteiger partial charge on any atom is -0.465 e. The van der Waals surface area contributed by atoms with E-state index >= 15 is 0 Å². The molecule has 2 N–H and O–H groups in total. The minimum absolute atomic E-state index is 0.0752. The molecule has 0 unspecified atom stereocenters. The van der Waals surface area contributed by atoms with Crippen LogP contribution in [0, 0.1) is 0 Å². The van der Waals surface area contributed by atoms with Gasteiger partial charge in [0.1, 0.15) is 12.1 Å². The summed E-state index contributed by atoms with van der Waals surface area (Å²) in [5.74, 6) is -0.696. The van der Waals surface area contributed by atoms with Gasteiger partial charge in [-0.3, -0.25) is 9.59 Å². The van der Waals surface area contributed by atoms with Crippen molar-refractivity contribution in [1.82, 2.24) is 5.32 Å². The zero-order valence-corrected chi connectivity index (χ0v) is 17.4. The van der Waals surface area contributed by atoms with Crippen molar-refractivity contribution in [2.24, 2.45) is 0 Å². The third-order valence-corrected chi connectivity index (χ3v) is 5.16. The van der Waals surface area contributed by atoms with Crippen LogP contribution in [0.25, 0.3) is 0 Å². The second kappa shape index (κ2) is 9.96. The van der Waals surface area contributed by atoms with Crippen LogP contribution in [0.1, 0.15) is 18.9 Å². The average Bonchev–Trinajstić information content (AvgIpc) is 3.15. The fraction of sp³-hybridized carbons (Fsp3) is 0.333. The van der Waals surface area contributed by atoms with E-state index in [9.17, 15) is 9.59 Å². The quantitative estimate of drug-likeness (QED) is 0.635. The number of rotatable bonds is 7. The lowest BCUT2D eigenvalue weighted by molar-refractivity contribution is -0.149. The Bertz CT molecular complexity index is 870. The number of carbonyl (C=O) groups is 2. The van der Waals surface area contributed by atoms with Crippen LogP contribution in [0.3, 0.4) is 0 Å². The van der Waals surface area contributed by atoms with Crippen LogP contribution in [-0.4, -0.2) is 37.2 Å². The van der Waals surface area contributed by atoms with E-state index in [2.05, 4.69) is 10.6 Å². The Balaban J connectivity index is 1.62. The van der Waals surface area contributed by atoms with Gasteiger partial charge in [-0.25, -0.2) is 0 Å². The summed E-state index contributed by atoms with van der Waals surface area (Å²) < 4.78 is 10.5. The van der Waals surface area contributed by atoms with E-state index in [1.807, 2.05) is 24.3 Å². The molecule has 8 heteroatoms. The van der Waals surface area contributed by atoms with Gasteiger partial charge in [-0.15, -0.1) is 0 Å². The molecule has 2 aromatic carbocycles. The summed E-state index contributed by atoms with van der Waals surface area (Å²) in [4.78, 5) is 24.2. The Morgan fingerprint density at radius 3 is 2.59 bits per heavy atom. The second-order valence-corrected chi connectivity index (χ2v) is 7.43. The molecule has 0 saturated carbocycles. The molecule has 2 aromatic rings. The van der Waals surface area contributed by atoms with E-state index in [-0.39, 0.29) is 24.5 Å². The van der Waals surface area contributed by atoms with Crippen LogP contribution in [0.4, 0.5) is 11.4 Å². The van der Waals surface area contributed by atoms with Crippen molar-refractivity contribution in [1.29, 1.82) is 0 Å². The molecule has 0 spiro atoms. The first-order valence-corrected chi connectivity index (χ1v) is 10.1. The first kappa shape index (κ1) is 21.4. The topological polar surface area (TPSA) is 76.7 Å². The molecule has 1 fully saturated rings. The van der Waals surface area contributed by atoms with Crippen LogP contribution in [-0.2, 0) is 25.5 Å². The van der Waals surface area contributed by atoms with Crippen molar-refractivity contribution in [3.05, 3.63) is 58.1 Å². The van der Waals surface area contributed by atoms with Crippen LogP contribution in [0.15, 0.2) is 42.5 Å². The summed E-state index contributed by atoms with van der Waals surface area (Å²) in [6.07, 6.45) is 0.112. The molecule has 1 aliphatic heterocycles. The maximum atomic E-state index is 12.5. The number of carbonyl (C=O) groups excluding carboxylic acids is 2. The van der Waals surface area contributed by atoms with Crippen molar-refractivity contribution in [2.75, 3.05) is 18.5 Å². The molecular weight excluding hydrogens is 415 g/mol. The molecule has 3 rings (SSSR count). The molecule has 0 bridgehead atoms. The van der Waals surface area contributed by atoms with Gasteiger partial charge in [0.2, 0.25) is 0 Å². The van der Waals surface area contributed by atoms with Gasteiger partial charge in [0.05, 0.1) is 28.8 Å². The summed E-state index contributed by atoms with van der Waals surface area (Å²) in [5.41, 5.74) is 2.05. The van der Waals surface area contributed by atoms with Gasteiger partial charge in [0, 0.05) is 18.7 Å². The summed E-state index contributed by atoms with van der Waals surface area (Å²) in [6, 6.07) is 12.2. The molecule has 0 radical (unpaired) electrons. The maximum Gasteiger partial charge on any atom is 0.323 e. The highest BCUT2D eigenvalue weighted by atomic mass is 35.5. The molecule has 0 amide bonds. The van der Waals surface area contributed by atoms with Gasteiger partial charge in [0.15, 0.2) is 0 Å². The number of benzene rings is 2. The zero-order valence-electron chi connectivity index (χ0n) is 15.9. The number of anilines is 2. The molecule has 2 atom stereocenters. The summed E-state index contributed by atoms with van der Waals surface area (Å²) >= 11 is 12.5. The highest BCUT2D eigenvalue weighted by molar-refractivity contribution is 6.39. The highest BCUT2D eigenvalue weighted by Gasteiger charge is 2.32. The van der Waals surface area contributed by atoms with Gasteiger partial charge in [-0.1, -0.05) is 47.5 Å². The number of nitrogens with one attached hydrogen (secondary N) is 2. The third kappa shape index (κ3) is 5.63. The molecular formula is C21H22Cl2N2O4. The van der Waals surface area contributed by atoms with E-state index in [1.165, 1.54) is 0 Å². The Morgan fingerprint density at radius 2 is 1.86 bits per heavy atom. The average molecular weight is 437 g/mol. The standard InChI is InChI=1S/C21H22Cl2N2O4/c1-2-28-21(27)18-11-14(12-24-18)29-19(26)10-13-6-3-4-9-17(13)25-20-15(22)7-5-8-16(20)23/h3-9,14,18,24-25H,2,10-12H2,1H3/t14-,18+/m1/s1. The summed E-state index contributed by atoms with van der Waals surface area (Å²) in [6.45, 7) is 2.50. The maximum absolute atomic E-state index is 12.5. The van der Waals surface area contributed by atoms with E-state index in [0.717, 1.165) is 5.56 Å². The van der Waals surface area contributed by atoms with Crippen molar-refractivity contribution in [3.63, 3.8) is 0 Å². The van der Waals surface area contributed by atoms with Crippen molar-refractivity contribution < 1.29 is 19.1 Å². The number of halogens is 2. The lowest BCUT2D eigenvalue weighted by Crippen LogP contribution is -2.32. The smallest absolute Gasteiger partial charge is 0.323 e. The fourth-order valence-electron chi connectivity index (χ4n) is 3.15. The molecule has 1 heterocycles. The molecule has 0 aliphatic carbocycles. The fourth-order valence-corrected chi connectivity index (χ4v) is 3.64. The number of esters is 2. The number of hydrogen-bond donors (Lipinski definition) is 2. The van der Waals surface area contributed by atoms with Gasteiger partial charge < -0.3 is 20.1 Å². The second-order valence-electron chi connectivity index (χ2n) is 6.62. The number of ether oxygens (including phenoxy) is 2. The molecule has 29 heavy (non-hydrogen) atoms. The third-order valence-electron chi connectivity index (χ3n) is 4.53. The van der Waals surface area contributed by atoms with Crippen LogP contribution >= 0.6 is 23.2 Å². The van der Waals surface area contributed by atoms with Crippen molar-refractivity contribution in [3.8, 4) is 0 Å². The van der Waals surface area contributed by atoms with Crippen molar-refractivity contribution in [2.45, 2.75) is 31.9 Å². The van der Waals surface area contributed by atoms with Gasteiger partial charge >= 0.3 is 11.9 Å². The normalized spacial score (nSPS) is 18.3. The molecule has 1 saturated heterocycles. The monoisotopic (exact) mass is 436 g/mol. The zero-order chi connectivity index (χ0) is 20.8. The summed E-state index contributed by atoms with van der Waals surface area (Å²) in [5, 5.41) is 7.19. The lowest BCUT2D eigenvalue weighted by atomic mass is 10.1. The predicted octanol–water partition coefficient (Wildman–Crippen LogP) is 4.12. The highest BCUT2D eigenvalue weighted by Crippen LogP contribution is 2.33. The van der Waals surface area contributed by atoms with E-state index in [1.54, 1.807) is 25.1 Å². The Morgan fingerprint density at radius 1 is 1.14 bits per heavy atom. The lowest BCUT2D eigenvalue weighted by Gasteiger charge is -2.15. The van der Waals surface area contributed by atoms with E-state index < -0.39 is 6.04 Å². The van der Waals surface area contributed by atoms with Gasteiger partial charge in [-0.2, -0.15) is 0 Å². The molecule has 0 aromatic heterocycles. The van der Waals surface area contributed by atoms with Gasteiger partial charge in [-0.05, 0) is 30.7 Å². The van der Waals surface area contributed by atoms with E-state index in [4.69, 9.17) is 32.7 Å². The SMILES string of the molecule is CCOC(=O)[C@@H]1C[C@@H](OC(=O)Cc2ccccc2Nc2c(Cl)cccc2Cl)CN1. The Kier molecular flexibility index (Phi) is 7.36. The van der Waals surface area contributed by atoms with Gasteiger partial charge in [0.25, 0.3) is 0 Å². The molecule has 6 nitrogen and oxygen atoms in total. The van der Waals surface area contributed by atoms with E-state index in [0.29, 0.717) is 41.0 Å². The molecule has 1 aliphatic rings. The summed E-state index contributed by atoms with van der Waals surface area (Å²) in [7, 11) is 0. The van der Waals surface area contributed by atoms with Crippen LogP contribution in [0.5, 0.6) is 0 Å². The Labute approximate surface area is 179 Å². The van der Waals surface area contributed by atoms with Crippen LogP contribution in [0.2, 0.25) is 10.0 Å².